The molecule has 0 saturated heterocycles. The van der Waals surface area contributed by atoms with Crippen LogP contribution >= 0.6 is 0 Å². The molecule has 2 rings (SSSR count). The second-order valence-electron chi connectivity index (χ2n) is 4.55. The monoisotopic (exact) mass is 320 g/mol. The number of benzene rings is 1. The van der Waals surface area contributed by atoms with Gasteiger partial charge < -0.3 is 19.9 Å². The van der Waals surface area contributed by atoms with Gasteiger partial charge in [-0.05, 0) is 18.2 Å². The van der Waals surface area contributed by atoms with Crippen LogP contribution in [0.25, 0.3) is 0 Å². The van der Waals surface area contributed by atoms with E-state index in [2.05, 4.69) is 15.6 Å². The Balaban J connectivity index is 2.04. The molecule has 0 aliphatic rings. The van der Waals surface area contributed by atoms with Crippen LogP contribution in [0.4, 0.5) is 0 Å². The minimum absolute atomic E-state index is 0.110. The molecule has 23 heavy (non-hydrogen) atoms. The summed E-state index contributed by atoms with van der Waals surface area (Å²) in [6.07, 6.45) is 1.46. The Hall–Kier alpha value is -3.10. The smallest absolute Gasteiger partial charge is 0.325 e. The van der Waals surface area contributed by atoms with Gasteiger partial charge in [-0.1, -0.05) is 5.21 Å². The molecule has 0 spiro atoms. The van der Waals surface area contributed by atoms with Crippen molar-refractivity contribution in [3.8, 4) is 11.5 Å². The highest BCUT2D eigenvalue weighted by Gasteiger charge is 2.14. The summed E-state index contributed by atoms with van der Waals surface area (Å²) in [5, 5.41) is 18.8. The van der Waals surface area contributed by atoms with Crippen molar-refractivity contribution in [2.24, 2.45) is 0 Å². The van der Waals surface area contributed by atoms with Gasteiger partial charge >= 0.3 is 5.97 Å². The molecule has 0 bridgehead atoms. The second kappa shape index (κ2) is 7.25. The molecule has 0 saturated carbocycles. The maximum Gasteiger partial charge on any atom is 0.325 e. The van der Waals surface area contributed by atoms with Crippen LogP contribution in [-0.2, 0) is 17.9 Å². The average Bonchev–Trinajstić information content (AvgIpc) is 2.98. The molecule has 0 aliphatic carbocycles. The minimum Gasteiger partial charge on any atom is -0.497 e. The Bertz CT molecular complexity index is 713. The largest absolute Gasteiger partial charge is 0.497 e. The highest BCUT2D eigenvalue weighted by molar-refractivity contribution is 5.97. The predicted molar refractivity (Wildman–Crippen MR) is 78.4 cm³/mol. The molecule has 1 amide bonds. The fraction of sp³-hybridized carbons (Fsp3) is 0.286. The number of carboxylic acids is 1. The van der Waals surface area contributed by atoms with E-state index in [4.69, 9.17) is 14.6 Å². The Morgan fingerprint density at radius 1 is 1.30 bits per heavy atom. The van der Waals surface area contributed by atoms with E-state index in [0.717, 1.165) is 0 Å². The zero-order chi connectivity index (χ0) is 16.8. The second-order valence-corrected chi connectivity index (χ2v) is 4.55. The zero-order valence-corrected chi connectivity index (χ0v) is 12.6. The summed E-state index contributed by atoms with van der Waals surface area (Å²) in [6, 6.07) is 4.89. The summed E-state index contributed by atoms with van der Waals surface area (Å²) in [5.41, 5.74) is 0.770. The van der Waals surface area contributed by atoms with Crippen LogP contribution in [0.15, 0.2) is 24.4 Å². The summed E-state index contributed by atoms with van der Waals surface area (Å²) in [6.45, 7) is -0.177. The quantitative estimate of drug-likeness (QED) is 0.754. The first-order valence-corrected chi connectivity index (χ1v) is 6.64. The van der Waals surface area contributed by atoms with Crippen LogP contribution in [0.5, 0.6) is 11.5 Å². The van der Waals surface area contributed by atoms with Crippen LogP contribution in [0.1, 0.15) is 16.1 Å². The third-order valence-corrected chi connectivity index (χ3v) is 2.96. The molecule has 0 fully saturated rings. The molecular weight excluding hydrogens is 304 g/mol. The number of nitrogens with zero attached hydrogens (tertiary/aromatic N) is 3. The number of carbonyl (C=O) groups excluding carboxylic acids is 1. The molecule has 0 atom stereocenters. The van der Waals surface area contributed by atoms with Crippen LogP contribution in [0.3, 0.4) is 0 Å². The Labute approximate surface area is 131 Å². The zero-order valence-electron chi connectivity index (χ0n) is 12.6. The lowest BCUT2D eigenvalue weighted by molar-refractivity contribution is -0.137. The van der Waals surface area contributed by atoms with Crippen molar-refractivity contribution in [3.05, 3.63) is 35.7 Å². The summed E-state index contributed by atoms with van der Waals surface area (Å²) < 4.78 is 11.4. The maximum absolute atomic E-state index is 12.3. The SMILES string of the molecule is COc1ccc(OC)c(C(=O)NCc2cn(CC(=O)O)nn2)c1. The van der Waals surface area contributed by atoms with Gasteiger partial charge in [0.1, 0.15) is 23.7 Å². The lowest BCUT2D eigenvalue weighted by Crippen LogP contribution is -2.23. The van der Waals surface area contributed by atoms with Gasteiger partial charge in [0.25, 0.3) is 5.91 Å². The van der Waals surface area contributed by atoms with Gasteiger partial charge in [-0.3, -0.25) is 9.59 Å². The normalized spacial score (nSPS) is 10.2. The van der Waals surface area contributed by atoms with Gasteiger partial charge in [-0.2, -0.15) is 0 Å². The molecule has 1 aromatic heterocycles. The first-order chi connectivity index (χ1) is 11.0. The highest BCUT2D eigenvalue weighted by Crippen LogP contribution is 2.23. The summed E-state index contributed by atoms with van der Waals surface area (Å²) in [4.78, 5) is 22.8. The number of carbonyl (C=O) groups is 2. The molecule has 0 radical (unpaired) electrons. The standard InChI is InChI=1S/C14H16N4O5/c1-22-10-3-4-12(23-2)11(5-10)14(21)15-6-9-7-18(17-16-9)8-13(19)20/h3-5,7H,6,8H2,1-2H3,(H,15,21)(H,19,20). The Morgan fingerprint density at radius 2 is 2.09 bits per heavy atom. The fourth-order valence-corrected chi connectivity index (χ4v) is 1.89. The van der Waals surface area contributed by atoms with E-state index in [1.54, 1.807) is 18.2 Å². The topological polar surface area (TPSA) is 116 Å². The number of amides is 1. The molecule has 9 heteroatoms. The fourth-order valence-electron chi connectivity index (χ4n) is 1.89. The van der Waals surface area contributed by atoms with E-state index in [1.165, 1.54) is 25.1 Å². The number of ether oxygens (including phenoxy) is 2. The maximum atomic E-state index is 12.3. The number of rotatable bonds is 7. The molecule has 9 nitrogen and oxygen atoms in total. The lowest BCUT2D eigenvalue weighted by atomic mass is 10.1. The summed E-state index contributed by atoms with van der Waals surface area (Å²) in [7, 11) is 2.97. The van der Waals surface area contributed by atoms with Crippen LogP contribution in [-0.4, -0.2) is 46.2 Å². The third kappa shape index (κ3) is 4.19. The van der Waals surface area contributed by atoms with Crippen molar-refractivity contribution in [1.29, 1.82) is 0 Å². The van der Waals surface area contributed by atoms with E-state index in [0.29, 0.717) is 22.8 Å². The Kier molecular flexibility index (Phi) is 5.13. The number of hydrogen-bond donors (Lipinski definition) is 2. The van der Waals surface area contributed by atoms with E-state index in [1.807, 2.05) is 0 Å². The predicted octanol–water partition coefficient (Wildman–Crippen LogP) is 0.310. The van der Waals surface area contributed by atoms with Crippen molar-refractivity contribution in [2.75, 3.05) is 14.2 Å². The first kappa shape index (κ1) is 16.3. The van der Waals surface area contributed by atoms with E-state index in [9.17, 15) is 9.59 Å². The number of aromatic nitrogens is 3. The van der Waals surface area contributed by atoms with Gasteiger partial charge in [0.2, 0.25) is 0 Å². The molecule has 0 aliphatic heterocycles. The lowest BCUT2D eigenvalue weighted by Gasteiger charge is -2.10. The third-order valence-electron chi connectivity index (χ3n) is 2.96. The van der Waals surface area contributed by atoms with Crippen molar-refractivity contribution in [3.63, 3.8) is 0 Å². The highest BCUT2D eigenvalue weighted by atomic mass is 16.5. The Morgan fingerprint density at radius 3 is 2.74 bits per heavy atom. The van der Waals surface area contributed by atoms with Gasteiger partial charge in [0.15, 0.2) is 0 Å². The molecule has 122 valence electrons. The van der Waals surface area contributed by atoms with Crippen molar-refractivity contribution < 1.29 is 24.2 Å². The van der Waals surface area contributed by atoms with Gasteiger partial charge in [-0.25, -0.2) is 4.68 Å². The van der Waals surface area contributed by atoms with Crippen LogP contribution < -0.4 is 14.8 Å². The van der Waals surface area contributed by atoms with E-state index >= 15 is 0 Å². The summed E-state index contributed by atoms with van der Waals surface area (Å²) >= 11 is 0. The molecule has 1 aromatic carbocycles. The number of aliphatic carboxylic acids is 1. The first-order valence-electron chi connectivity index (χ1n) is 6.64. The molecule has 1 heterocycles. The average molecular weight is 320 g/mol. The number of nitrogens with one attached hydrogen (secondary N) is 1. The molecule has 0 unspecified atom stereocenters. The van der Waals surface area contributed by atoms with Gasteiger partial charge in [0.05, 0.1) is 32.5 Å². The molecular formula is C14H16N4O5. The minimum atomic E-state index is -1.02. The summed E-state index contributed by atoms with van der Waals surface area (Å²) in [5.74, 6) is -0.443. The molecule has 2 N–H and O–H groups in total. The van der Waals surface area contributed by atoms with Gasteiger partial charge in [-0.15, -0.1) is 5.10 Å². The van der Waals surface area contributed by atoms with Crippen LogP contribution in [0.2, 0.25) is 0 Å². The number of carboxylic acid groups (broad SMARTS) is 1. The van der Waals surface area contributed by atoms with Crippen molar-refractivity contribution in [2.45, 2.75) is 13.1 Å². The van der Waals surface area contributed by atoms with E-state index < -0.39 is 5.97 Å². The van der Waals surface area contributed by atoms with Crippen LogP contribution in [0, 0.1) is 0 Å². The number of methoxy groups -OCH3 is 2. The van der Waals surface area contributed by atoms with Gasteiger partial charge in [0, 0.05) is 0 Å². The number of hydrogen-bond acceptors (Lipinski definition) is 6. The van der Waals surface area contributed by atoms with E-state index in [-0.39, 0.29) is 19.0 Å². The van der Waals surface area contributed by atoms with Crippen molar-refractivity contribution >= 4 is 11.9 Å². The molecule has 2 aromatic rings. The van der Waals surface area contributed by atoms with Crippen molar-refractivity contribution in [1.82, 2.24) is 20.3 Å².